The second kappa shape index (κ2) is 6.69. The average Bonchev–Trinajstić information content (AvgIpc) is 2.55. The van der Waals surface area contributed by atoms with Crippen molar-refractivity contribution in [2.75, 3.05) is 13.2 Å². The lowest BCUT2D eigenvalue weighted by molar-refractivity contribution is -0.120. The van der Waals surface area contributed by atoms with Crippen molar-refractivity contribution < 1.29 is 18.7 Å². The van der Waals surface area contributed by atoms with Gasteiger partial charge < -0.3 is 14.8 Å². The number of amides is 1. The molecule has 0 saturated carbocycles. The fraction of sp³-hybridized carbons (Fsp3) is 0.278. The summed E-state index contributed by atoms with van der Waals surface area (Å²) >= 11 is 0. The molecule has 0 saturated heterocycles. The van der Waals surface area contributed by atoms with Crippen molar-refractivity contribution in [2.45, 2.75) is 19.9 Å². The van der Waals surface area contributed by atoms with Crippen LogP contribution >= 0.6 is 0 Å². The highest BCUT2D eigenvalue weighted by molar-refractivity contribution is 5.78. The van der Waals surface area contributed by atoms with Gasteiger partial charge in [-0.25, -0.2) is 4.39 Å². The lowest BCUT2D eigenvalue weighted by Gasteiger charge is -2.20. The molecule has 2 aromatic carbocycles. The minimum absolute atomic E-state index is 0.106. The number of fused-ring (bicyclic) bond motifs is 1. The van der Waals surface area contributed by atoms with E-state index in [4.69, 9.17) is 9.47 Å². The molecule has 0 atom stereocenters. The summed E-state index contributed by atoms with van der Waals surface area (Å²) in [5, 5.41) is 2.88. The van der Waals surface area contributed by atoms with E-state index in [0.717, 1.165) is 22.4 Å². The predicted molar refractivity (Wildman–Crippen MR) is 84.1 cm³/mol. The topological polar surface area (TPSA) is 47.6 Å². The molecule has 0 bridgehead atoms. The van der Waals surface area contributed by atoms with Gasteiger partial charge in [-0.05, 0) is 47.9 Å². The van der Waals surface area contributed by atoms with Crippen LogP contribution in [-0.2, 0) is 17.8 Å². The first kappa shape index (κ1) is 15.3. The van der Waals surface area contributed by atoms with Gasteiger partial charge in [0.05, 0.1) is 6.42 Å². The largest absolute Gasteiger partial charge is 0.486 e. The van der Waals surface area contributed by atoms with Crippen LogP contribution < -0.4 is 14.8 Å². The van der Waals surface area contributed by atoms with E-state index in [1.165, 1.54) is 12.1 Å². The monoisotopic (exact) mass is 315 g/mol. The Morgan fingerprint density at radius 2 is 1.78 bits per heavy atom. The Hall–Kier alpha value is -2.56. The normalized spacial score (nSPS) is 12.8. The van der Waals surface area contributed by atoms with Crippen LogP contribution in [0.25, 0.3) is 0 Å². The van der Waals surface area contributed by atoms with Crippen molar-refractivity contribution in [1.82, 2.24) is 5.32 Å². The van der Waals surface area contributed by atoms with Gasteiger partial charge in [0.25, 0.3) is 0 Å². The van der Waals surface area contributed by atoms with Crippen LogP contribution in [0.2, 0.25) is 0 Å². The minimum Gasteiger partial charge on any atom is -0.486 e. The summed E-state index contributed by atoms with van der Waals surface area (Å²) in [7, 11) is 0. The Labute approximate surface area is 134 Å². The zero-order valence-electron chi connectivity index (χ0n) is 12.9. The van der Waals surface area contributed by atoms with Gasteiger partial charge in [0.15, 0.2) is 11.5 Å². The highest BCUT2D eigenvalue weighted by Gasteiger charge is 2.14. The molecule has 1 N–H and O–H groups in total. The van der Waals surface area contributed by atoms with Gasteiger partial charge >= 0.3 is 0 Å². The van der Waals surface area contributed by atoms with Gasteiger partial charge in [-0.1, -0.05) is 12.1 Å². The Bertz CT molecular complexity index is 713. The molecule has 0 spiro atoms. The fourth-order valence-corrected chi connectivity index (χ4v) is 2.47. The van der Waals surface area contributed by atoms with Gasteiger partial charge in [0.2, 0.25) is 5.91 Å². The average molecular weight is 315 g/mol. The Morgan fingerprint density at radius 1 is 1.13 bits per heavy atom. The van der Waals surface area contributed by atoms with Crippen LogP contribution in [0.15, 0.2) is 36.4 Å². The van der Waals surface area contributed by atoms with Gasteiger partial charge in [-0.2, -0.15) is 0 Å². The Balaban J connectivity index is 1.61. The zero-order chi connectivity index (χ0) is 16.2. The van der Waals surface area contributed by atoms with E-state index in [0.29, 0.717) is 25.5 Å². The molecule has 3 rings (SSSR count). The van der Waals surface area contributed by atoms with E-state index < -0.39 is 0 Å². The quantitative estimate of drug-likeness (QED) is 0.944. The maximum Gasteiger partial charge on any atom is 0.224 e. The van der Waals surface area contributed by atoms with Gasteiger partial charge in [0, 0.05) is 6.54 Å². The minimum atomic E-state index is -0.305. The van der Waals surface area contributed by atoms with Gasteiger partial charge in [-0.3, -0.25) is 4.79 Å². The molecule has 0 fully saturated rings. The standard InChI is InChI=1S/C18H18FNO3/c1-12-8-16-17(23-7-6-22-16)10-14(12)11-20-18(21)9-13-2-4-15(19)5-3-13/h2-5,8,10H,6-7,9,11H2,1H3,(H,20,21). The maximum absolute atomic E-state index is 12.9. The lowest BCUT2D eigenvalue weighted by atomic mass is 10.1. The second-order valence-corrected chi connectivity index (χ2v) is 5.50. The number of hydrogen-bond donors (Lipinski definition) is 1. The molecule has 0 radical (unpaired) electrons. The smallest absolute Gasteiger partial charge is 0.224 e. The first-order valence-corrected chi connectivity index (χ1v) is 7.52. The third-order valence-electron chi connectivity index (χ3n) is 3.75. The lowest BCUT2D eigenvalue weighted by Crippen LogP contribution is -2.25. The zero-order valence-corrected chi connectivity index (χ0v) is 12.9. The number of benzene rings is 2. The van der Waals surface area contributed by atoms with E-state index in [1.54, 1.807) is 12.1 Å². The molecule has 0 unspecified atom stereocenters. The molecule has 2 aromatic rings. The van der Waals surface area contributed by atoms with E-state index in [9.17, 15) is 9.18 Å². The van der Waals surface area contributed by atoms with Crippen molar-refractivity contribution in [1.29, 1.82) is 0 Å². The molecule has 1 aliphatic rings. The summed E-state index contributed by atoms with van der Waals surface area (Å²) < 4.78 is 23.9. The number of carbonyl (C=O) groups excluding carboxylic acids is 1. The van der Waals surface area contributed by atoms with Crippen molar-refractivity contribution in [3.8, 4) is 11.5 Å². The van der Waals surface area contributed by atoms with Gasteiger partial charge in [0.1, 0.15) is 19.0 Å². The van der Waals surface area contributed by atoms with E-state index in [1.807, 2.05) is 19.1 Å². The van der Waals surface area contributed by atoms with Crippen molar-refractivity contribution in [3.05, 3.63) is 58.9 Å². The molecule has 23 heavy (non-hydrogen) atoms. The summed E-state index contributed by atoms with van der Waals surface area (Å²) in [5.74, 6) is 1.05. The number of aryl methyl sites for hydroxylation is 1. The SMILES string of the molecule is Cc1cc2c(cc1CNC(=O)Cc1ccc(F)cc1)OCCO2. The summed E-state index contributed by atoms with van der Waals surface area (Å²) in [6.45, 7) is 3.48. The summed E-state index contributed by atoms with van der Waals surface area (Å²) in [6, 6.07) is 9.77. The summed E-state index contributed by atoms with van der Waals surface area (Å²) in [6.07, 6.45) is 0.226. The molecular formula is C18H18FNO3. The number of rotatable bonds is 4. The highest BCUT2D eigenvalue weighted by atomic mass is 19.1. The molecule has 0 aliphatic carbocycles. The number of carbonyl (C=O) groups is 1. The van der Waals surface area contributed by atoms with Crippen molar-refractivity contribution >= 4 is 5.91 Å². The van der Waals surface area contributed by atoms with Crippen LogP contribution in [0.3, 0.4) is 0 Å². The van der Waals surface area contributed by atoms with Crippen LogP contribution in [0.5, 0.6) is 11.5 Å². The molecule has 4 nitrogen and oxygen atoms in total. The third kappa shape index (κ3) is 3.80. The molecule has 1 aliphatic heterocycles. The predicted octanol–water partition coefficient (Wildman–Crippen LogP) is 2.76. The van der Waals surface area contributed by atoms with Crippen LogP contribution in [0, 0.1) is 12.7 Å². The molecule has 1 amide bonds. The molecule has 1 heterocycles. The number of ether oxygens (including phenoxy) is 2. The number of halogens is 1. The van der Waals surface area contributed by atoms with E-state index in [-0.39, 0.29) is 18.1 Å². The van der Waals surface area contributed by atoms with Crippen LogP contribution in [0.4, 0.5) is 4.39 Å². The molecule has 0 aromatic heterocycles. The number of hydrogen-bond acceptors (Lipinski definition) is 3. The van der Waals surface area contributed by atoms with E-state index >= 15 is 0 Å². The second-order valence-electron chi connectivity index (χ2n) is 5.50. The molecule has 120 valence electrons. The van der Waals surface area contributed by atoms with Gasteiger partial charge in [-0.15, -0.1) is 0 Å². The van der Waals surface area contributed by atoms with Crippen LogP contribution in [-0.4, -0.2) is 19.1 Å². The highest BCUT2D eigenvalue weighted by Crippen LogP contribution is 2.32. The first-order chi connectivity index (χ1) is 11.1. The van der Waals surface area contributed by atoms with Crippen LogP contribution in [0.1, 0.15) is 16.7 Å². The van der Waals surface area contributed by atoms with E-state index in [2.05, 4.69) is 5.32 Å². The number of nitrogens with one attached hydrogen (secondary N) is 1. The fourth-order valence-electron chi connectivity index (χ4n) is 2.47. The third-order valence-corrected chi connectivity index (χ3v) is 3.75. The maximum atomic E-state index is 12.9. The summed E-state index contributed by atoms with van der Waals surface area (Å²) in [4.78, 5) is 12.0. The Morgan fingerprint density at radius 3 is 2.48 bits per heavy atom. The van der Waals surface area contributed by atoms with Crippen molar-refractivity contribution in [2.24, 2.45) is 0 Å². The molecular weight excluding hydrogens is 297 g/mol. The molecule has 5 heteroatoms. The Kier molecular flexibility index (Phi) is 4.46. The first-order valence-electron chi connectivity index (χ1n) is 7.52. The summed E-state index contributed by atoms with van der Waals surface area (Å²) in [5.41, 5.74) is 2.81. The van der Waals surface area contributed by atoms with Crippen molar-refractivity contribution in [3.63, 3.8) is 0 Å².